The van der Waals surface area contributed by atoms with Crippen LogP contribution in [0.15, 0.2) is 48.5 Å². The molecule has 0 radical (unpaired) electrons. The number of hydrogen-bond donors (Lipinski definition) is 2. The van der Waals surface area contributed by atoms with Gasteiger partial charge < -0.3 is 10.2 Å². The van der Waals surface area contributed by atoms with Gasteiger partial charge in [0.05, 0.1) is 35.5 Å². The van der Waals surface area contributed by atoms with Gasteiger partial charge in [-0.05, 0) is 35.4 Å². The van der Waals surface area contributed by atoms with E-state index in [1.807, 2.05) is 24.3 Å². The van der Waals surface area contributed by atoms with Crippen molar-refractivity contribution in [2.45, 2.75) is 23.7 Å². The lowest BCUT2D eigenvalue weighted by atomic mass is 10.2. The largest absolute Gasteiger partial charge is 0.390 e. The average Bonchev–Trinajstić information content (AvgIpc) is 2.68. The summed E-state index contributed by atoms with van der Waals surface area (Å²) in [7, 11) is 0. The highest BCUT2D eigenvalue weighted by Crippen LogP contribution is 2.18. The van der Waals surface area contributed by atoms with Gasteiger partial charge in [0.1, 0.15) is 0 Å². The van der Waals surface area contributed by atoms with E-state index >= 15 is 0 Å². The molecule has 134 valence electrons. The summed E-state index contributed by atoms with van der Waals surface area (Å²) in [4.78, 5) is 0. The van der Waals surface area contributed by atoms with Crippen LogP contribution in [0, 0.1) is 22.7 Å². The molecule has 6 heteroatoms. The Morgan fingerprint density at radius 1 is 0.692 bits per heavy atom. The van der Waals surface area contributed by atoms with E-state index in [1.54, 1.807) is 47.8 Å². The molecule has 2 aromatic rings. The van der Waals surface area contributed by atoms with E-state index in [1.165, 1.54) is 0 Å². The fourth-order valence-electron chi connectivity index (χ4n) is 2.17. The number of benzene rings is 2. The molecule has 0 amide bonds. The maximum Gasteiger partial charge on any atom is 0.0991 e. The van der Waals surface area contributed by atoms with Crippen molar-refractivity contribution in [3.8, 4) is 12.1 Å². The maximum atomic E-state index is 10.1. The molecule has 0 saturated carbocycles. The van der Waals surface area contributed by atoms with Crippen molar-refractivity contribution < 1.29 is 10.2 Å². The average molecular weight is 385 g/mol. The van der Waals surface area contributed by atoms with Crippen LogP contribution in [0.3, 0.4) is 0 Å². The van der Waals surface area contributed by atoms with Crippen molar-refractivity contribution in [3.63, 3.8) is 0 Å². The third-order valence-corrected chi connectivity index (χ3v) is 5.95. The van der Waals surface area contributed by atoms with E-state index in [0.29, 0.717) is 22.6 Å². The standard InChI is InChI=1S/C20H20N2O2S2/c21-9-15-1-5-17(6-2-15)11-25-13-19(23)20(24)14-26-12-18-7-3-16(10-22)4-8-18/h1-8,19-20,23-24H,11-14H2/t19-,20+. The lowest BCUT2D eigenvalue weighted by molar-refractivity contribution is 0.0500. The van der Waals surface area contributed by atoms with E-state index in [4.69, 9.17) is 10.5 Å². The minimum absolute atomic E-state index is 0.457. The highest BCUT2D eigenvalue weighted by Gasteiger charge is 2.16. The van der Waals surface area contributed by atoms with Crippen molar-refractivity contribution in [1.29, 1.82) is 10.5 Å². The summed E-state index contributed by atoms with van der Waals surface area (Å²) in [5.74, 6) is 2.37. The highest BCUT2D eigenvalue weighted by molar-refractivity contribution is 7.98. The Morgan fingerprint density at radius 3 is 1.35 bits per heavy atom. The van der Waals surface area contributed by atoms with Crippen LogP contribution in [0.5, 0.6) is 0 Å². The van der Waals surface area contributed by atoms with Crippen molar-refractivity contribution in [2.75, 3.05) is 11.5 Å². The van der Waals surface area contributed by atoms with Gasteiger partial charge in [0.15, 0.2) is 0 Å². The molecule has 26 heavy (non-hydrogen) atoms. The quantitative estimate of drug-likeness (QED) is 0.689. The Morgan fingerprint density at radius 2 is 1.04 bits per heavy atom. The van der Waals surface area contributed by atoms with E-state index in [0.717, 1.165) is 22.6 Å². The molecule has 0 spiro atoms. The summed E-state index contributed by atoms with van der Waals surface area (Å²) in [5.41, 5.74) is 3.44. The van der Waals surface area contributed by atoms with E-state index in [2.05, 4.69) is 12.1 Å². The molecule has 0 aliphatic carbocycles. The lowest BCUT2D eigenvalue weighted by Crippen LogP contribution is -2.30. The zero-order valence-corrected chi connectivity index (χ0v) is 15.8. The number of hydrogen-bond acceptors (Lipinski definition) is 6. The maximum absolute atomic E-state index is 10.1. The van der Waals surface area contributed by atoms with E-state index in [9.17, 15) is 10.2 Å². The van der Waals surface area contributed by atoms with Crippen LogP contribution in [0.2, 0.25) is 0 Å². The van der Waals surface area contributed by atoms with Crippen LogP contribution in [0.25, 0.3) is 0 Å². The predicted octanol–water partition coefficient (Wildman–Crippen LogP) is 3.32. The first-order valence-electron chi connectivity index (χ1n) is 8.12. The lowest BCUT2D eigenvalue weighted by Gasteiger charge is -2.17. The molecular formula is C20H20N2O2S2. The molecule has 0 fully saturated rings. The first-order valence-corrected chi connectivity index (χ1v) is 10.4. The Labute approximate surface area is 162 Å². The molecule has 2 N–H and O–H groups in total. The van der Waals surface area contributed by atoms with Gasteiger partial charge in [0, 0.05) is 23.0 Å². The SMILES string of the molecule is N#Cc1ccc(CSC[C@@H](O)[C@@H](O)CSCc2ccc(C#N)cc2)cc1. The zero-order chi connectivity index (χ0) is 18.8. The summed E-state index contributed by atoms with van der Waals surface area (Å²) >= 11 is 3.11. The molecule has 0 aliphatic heterocycles. The van der Waals surface area contributed by atoms with Gasteiger partial charge in [-0.25, -0.2) is 0 Å². The molecule has 2 aromatic carbocycles. The van der Waals surface area contributed by atoms with Crippen molar-refractivity contribution in [1.82, 2.24) is 0 Å². The van der Waals surface area contributed by atoms with Gasteiger partial charge in [-0.1, -0.05) is 24.3 Å². The normalized spacial score (nSPS) is 12.8. The topological polar surface area (TPSA) is 88.0 Å². The van der Waals surface area contributed by atoms with Gasteiger partial charge in [-0.2, -0.15) is 34.0 Å². The molecule has 2 atom stereocenters. The third-order valence-electron chi connectivity index (χ3n) is 3.72. The molecule has 0 bridgehead atoms. The van der Waals surface area contributed by atoms with Crippen LogP contribution < -0.4 is 0 Å². The Hall–Kier alpha value is -1.96. The number of nitrogens with zero attached hydrogens (tertiary/aromatic N) is 2. The van der Waals surface area contributed by atoms with Crippen molar-refractivity contribution in [3.05, 3.63) is 70.8 Å². The molecule has 0 heterocycles. The third kappa shape index (κ3) is 6.74. The van der Waals surface area contributed by atoms with Gasteiger partial charge in [0.25, 0.3) is 0 Å². The fraction of sp³-hybridized carbons (Fsp3) is 0.300. The number of aliphatic hydroxyl groups excluding tert-OH is 2. The molecule has 0 saturated heterocycles. The van der Waals surface area contributed by atoms with Gasteiger partial charge in [-0.15, -0.1) is 0 Å². The molecule has 4 nitrogen and oxygen atoms in total. The summed E-state index contributed by atoms with van der Waals surface area (Å²) in [6, 6.07) is 18.9. The monoisotopic (exact) mass is 384 g/mol. The predicted molar refractivity (Wildman–Crippen MR) is 107 cm³/mol. The van der Waals surface area contributed by atoms with Gasteiger partial charge in [0.2, 0.25) is 0 Å². The summed E-state index contributed by atoms with van der Waals surface area (Å²) < 4.78 is 0. The Kier molecular flexibility index (Phi) is 8.53. The minimum atomic E-state index is -0.771. The van der Waals surface area contributed by atoms with Crippen molar-refractivity contribution >= 4 is 23.5 Å². The first-order chi connectivity index (χ1) is 12.6. The smallest absolute Gasteiger partial charge is 0.0991 e. The van der Waals surface area contributed by atoms with Gasteiger partial charge >= 0.3 is 0 Å². The van der Waals surface area contributed by atoms with Gasteiger partial charge in [-0.3, -0.25) is 0 Å². The fourth-order valence-corrected chi connectivity index (χ4v) is 4.19. The Bertz CT molecular complexity index is 697. The summed E-state index contributed by atoms with van der Waals surface area (Å²) in [5, 5.41) is 37.7. The molecule has 0 aliphatic rings. The van der Waals surface area contributed by atoms with Crippen LogP contribution in [-0.2, 0) is 11.5 Å². The Balaban J connectivity index is 1.65. The van der Waals surface area contributed by atoms with Crippen LogP contribution in [0.1, 0.15) is 22.3 Å². The molecule has 0 unspecified atom stereocenters. The van der Waals surface area contributed by atoms with Crippen LogP contribution in [0.4, 0.5) is 0 Å². The number of nitriles is 2. The molecular weight excluding hydrogens is 364 g/mol. The van der Waals surface area contributed by atoms with Crippen LogP contribution in [-0.4, -0.2) is 33.9 Å². The molecule has 2 rings (SSSR count). The zero-order valence-electron chi connectivity index (χ0n) is 14.2. The molecule has 0 aromatic heterocycles. The first kappa shape index (κ1) is 20.4. The van der Waals surface area contributed by atoms with E-state index in [-0.39, 0.29) is 0 Å². The summed E-state index contributed by atoms with van der Waals surface area (Å²) in [6.45, 7) is 0. The number of aliphatic hydroxyl groups is 2. The second-order valence-electron chi connectivity index (χ2n) is 5.78. The summed E-state index contributed by atoms with van der Waals surface area (Å²) in [6.07, 6.45) is -1.54. The van der Waals surface area contributed by atoms with Crippen LogP contribution >= 0.6 is 23.5 Å². The number of rotatable bonds is 9. The highest BCUT2D eigenvalue weighted by atomic mass is 32.2. The van der Waals surface area contributed by atoms with E-state index < -0.39 is 12.2 Å². The second-order valence-corrected chi connectivity index (χ2v) is 7.84. The van der Waals surface area contributed by atoms with Crippen molar-refractivity contribution in [2.24, 2.45) is 0 Å². The number of thioether (sulfide) groups is 2. The second kappa shape index (κ2) is 10.9. The minimum Gasteiger partial charge on any atom is -0.390 e.